The first-order valence-electron chi connectivity index (χ1n) is 3.82. The molecule has 0 aromatic heterocycles. The molecule has 2 nitrogen and oxygen atoms in total. The van der Waals surface area contributed by atoms with Gasteiger partial charge in [-0.2, -0.15) is 0 Å². The van der Waals surface area contributed by atoms with Gasteiger partial charge in [0.05, 0.1) is 0 Å². The van der Waals surface area contributed by atoms with E-state index in [-0.39, 0.29) is 0 Å². The standard InChI is InChI=1S/C7H14N2/c8-7-2-5-1-6(7)4-9-3-5/h5-7,9H,1-4,8H2. The van der Waals surface area contributed by atoms with Crippen LogP contribution in [0.1, 0.15) is 12.8 Å². The number of nitrogens with two attached hydrogens (primary N) is 1. The Kier molecular flexibility index (Phi) is 1.24. The lowest BCUT2D eigenvalue weighted by atomic mass is 10.0. The van der Waals surface area contributed by atoms with Gasteiger partial charge in [0, 0.05) is 6.04 Å². The van der Waals surface area contributed by atoms with Crippen LogP contribution >= 0.6 is 0 Å². The molecule has 0 spiro atoms. The highest BCUT2D eigenvalue weighted by Crippen LogP contribution is 2.31. The number of hydrogen-bond acceptors (Lipinski definition) is 2. The molecule has 2 bridgehead atoms. The molecule has 52 valence electrons. The molecule has 2 fully saturated rings. The van der Waals surface area contributed by atoms with Gasteiger partial charge in [-0.1, -0.05) is 0 Å². The summed E-state index contributed by atoms with van der Waals surface area (Å²) in [5, 5.41) is 3.40. The first kappa shape index (κ1) is 5.69. The van der Waals surface area contributed by atoms with Crippen LogP contribution in [0.25, 0.3) is 0 Å². The molecule has 2 aliphatic rings. The summed E-state index contributed by atoms with van der Waals surface area (Å²) in [7, 11) is 0. The van der Waals surface area contributed by atoms with E-state index in [1.54, 1.807) is 0 Å². The van der Waals surface area contributed by atoms with Crippen molar-refractivity contribution < 1.29 is 0 Å². The fraction of sp³-hybridized carbons (Fsp3) is 1.00. The molecule has 3 atom stereocenters. The number of hydrogen-bond donors (Lipinski definition) is 2. The first-order valence-corrected chi connectivity index (χ1v) is 3.82. The normalized spacial score (nSPS) is 49.7. The first-order chi connectivity index (χ1) is 4.36. The van der Waals surface area contributed by atoms with Gasteiger partial charge in [-0.15, -0.1) is 0 Å². The average molecular weight is 126 g/mol. The summed E-state index contributed by atoms with van der Waals surface area (Å²) in [5.74, 6) is 1.70. The Morgan fingerprint density at radius 1 is 1.22 bits per heavy atom. The van der Waals surface area contributed by atoms with Crippen LogP contribution in [0.5, 0.6) is 0 Å². The van der Waals surface area contributed by atoms with Gasteiger partial charge in [0.2, 0.25) is 0 Å². The fourth-order valence-electron chi connectivity index (χ4n) is 2.15. The van der Waals surface area contributed by atoms with Crippen LogP contribution in [0.2, 0.25) is 0 Å². The minimum Gasteiger partial charge on any atom is -0.327 e. The fourth-order valence-corrected chi connectivity index (χ4v) is 2.15. The van der Waals surface area contributed by atoms with Crippen LogP contribution in [0.3, 0.4) is 0 Å². The van der Waals surface area contributed by atoms with E-state index in [4.69, 9.17) is 5.73 Å². The molecular formula is C7H14N2. The number of nitrogens with one attached hydrogen (secondary N) is 1. The van der Waals surface area contributed by atoms with Crippen molar-refractivity contribution >= 4 is 0 Å². The van der Waals surface area contributed by atoms with Crippen LogP contribution in [-0.4, -0.2) is 19.1 Å². The maximum absolute atomic E-state index is 5.88. The Hall–Kier alpha value is -0.0800. The molecule has 1 aliphatic carbocycles. The van der Waals surface area contributed by atoms with Gasteiger partial charge in [-0.3, -0.25) is 0 Å². The summed E-state index contributed by atoms with van der Waals surface area (Å²) >= 11 is 0. The van der Waals surface area contributed by atoms with E-state index in [9.17, 15) is 0 Å². The molecule has 0 radical (unpaired) electrons. The van der Waals surface area contributed by atoms with Crippen LogP contribution in [0.4, 0.5) is 0 Å². The largest absolute Gasteiger partial charge is 0.327 e. The third kappa shape index (κ3) is 0.864. The number of fused-ring (bicyclic) bond motifs is 2. The Balaban J connectivity index is 2.07. The molecule has 2 heteroatoms. The summed E-state index contributed by atoms with van der Waals surface area (Å²) < 4.78 is 0. The maximum atomic E-state index is 5.88. The van der Waals surface area contributed by atoms with E-state index < -0.39 is 0 Å². The number of rotatable bonds is 0. The maximum Gasteiger partial charge on any atom is 0.00825 e. The zero-order valence-corrected chi connectivity index (χ0v) is 5.64. The Labute approximate surface area is 55.8 Å². The van der Waals surface area contributed by atoms with Gasteiger partial charge < -0.3 is 11.1 Å². The SMILES string of the molecule is NC1CC2CNCC1C2. The lowest BCUT2D eigenvalue weighted by molar-refractivity contribution is 0.370. The third-order valence-electron chi connectivity index (χ3n) is 2.69. The van der Waals surface area contributed by atoms with Crippen molar-refractivity contribution in [2.24, 2.45) is 17.6 Å². The second-order valence-corrected chi connectivity index (χ2v) is 3.42. The molecule has 1 saturated carbocycles. The lowest BCUT2D eigenvalue weighted by Crippen LogP contribution is -2.34. The molecule has 0 amide bonds. The van der Waals surface area contributed by atoms with Gasteiger partial charge in [0.25, 0.3) is 0 Å². The summed E-state index contributed by atoms with van der Waals surface area (Å²) in [6, 6.07) is 0.505. The van der Waals surface area contributed by atoms with E-state index in [0.717, 1.165) is 18.4 Å². The van der Waals surface area contributed by atoms with Crippen molar-refractivity contribution in [3.8, 4) is 0 Å². The van der Waals surface area contributed by atoms with Crippen LogP contribution in [-0.2, 0) is 0 Å². The van der Waals surface area contributed by atoms with Crippen molar-refractivity contribution in [2.45, 2.75) is 18.9 Å². The highest BCUT2D eigenvalue weighted by atomic mass is 14.9. The summed E-state index contributed by atoms with van der Waals surface area (Å²) in [6.45, 7) is 2.38. The second-order valence-electron chi connectivity index (χ2n) is 3.42. The third-order valence-corrected chi connectivity index (χ3v) is 2.69. The molecule has 0 aromatic rings. The lowest BCUT2D eigenvalue weighted by Gasteiger charge is -2.20. The van der Waals surface area contributed by atoms with Gasteiger partial charge >= 0.3 is 0 Å². The van der Waals surface area contributed by atoms with Gasteiger partial charge in [-0.25, -0.2) is 0 Å². The summed E-state index contributed by atoms with van der Waals surface area (Å²) in [4.78, 5) is 0. The molecule has 3 N–H and O–H groups in total. The van der Waals surface area contributed by atoms with Crippen molar-refractivity contribution in [3.05, 3.63) is 0 Å². The van der Waals surface area contributed by atoms with E-state index >= 15 is 0 Å². The van der Waals surface area contributed by atoms with Gasteiger partial charge in [0.1, 0.15) is 0 Å². The van der Waals surface area contributed by atoms with Crippen molar-refractivity contribution in [1.29, 1.82) is 0 Å². The molecule has 0 aromatic carbocycles. The van der Waals surface area contributed by atoms with E-state index in [0.29, 0.717) is 6.04 Å². The topological polar surface area (TPSA) is 38.0 Å². The van der Waals surface area contributed by atoms with Crippen LogP contribution in [0.15, 0.2) is 0 Å². The van der Waals surface area contributed by atoms with Crippen LogP contribution in [0, 0.1) is 11.8 Å². The monoisotopic (exact) mass is 126 g/mol. The van der Waals surface area contributed by atoms with Crippen molar-refractivity contribution in [3.63, 3.8) is 0 Å². The summed E-state index contributed by atoms with van der Waals surface area (Å²) in [6.07, 6.45) is 2.64. The predicted molar refractivity (Wildman–Crippen MR) is 37.1 cm³/mol. The van der Waals surface area contributed by atoms with Crippen molar-refractivity contribution in [1.82, 2.24) is 5.32 Å². The van der Waals surface area contributed by atoms with Crippen molar-refractivity contribution in [2.75, 3.05) is 13.1 Å². The molecule has 3 unspecified atom stereocenters. The molecule has 1 heterocycles. The van der Waals surface area contributed by atoms with E-state index in [1.807, 2.05) is 0 Å². The molecular weight excluding hydrogens is 112 g/mol. The Morgan fingerprint density at radius 2 is 2.11 bits per heavy atom. The quantitative estimate of drug-likeness (QED) is 0.477. The molecule has 1 aliphatic heterocycles. The minimum atomic E-state index is 0.505. The molecule has 9 heavy (non-hydrogen) atoms. The van der Waals surface area contributed by atoms with E-state index in [2.05, 4.69) is 5.32 Å². The highest BCUT2D eigenvalue weighted by Gasteiger charge is 2.34. The van der Waals surface area contributed by atoms with Crippen LogP contribution < -0.4 is 11.1 Å². The Bertz CT molecular complexity index is 111. The Morgan fingerprint density at radius 3 is 2.78 bits per heavy atom. The minimum absolute atomic E-state index is 0.505. The zero-order valence-electron chi connectivity index (χ0n) is 5.64. The van der Waals surface area contributed by atoms with Gasteiger partial charge in [0.15, 0.2) is 0 Å². The zero-order chi connectivity index (χ0) is 6.27. The second kappa shape index (κ2) is 1.96. The smallest absolute Gasteiger partial charge is 0.00825 e. The summed E-state index contributed by atoms with van der Waals surface area (Å²) in [5.41, 5.74) is 5.88. The predicted octanol–water partition coefficient (Wildman–Crippen LogP) is -0.0569. The average Bonchev–Trinajstić information content (AvgIpc) is 2.09. The number of piperidine rings is 1. The molecule has 2 rings (SSSR count). The van der Waals surface area contributed by atoms with E-state index in [1.165, 1.54) is 19.4 Å². The molecule has 1 saturated heterocycles. The highest BCUT2D eigenvalue weighted by molar-refractivity contribution is 4.91. The van der Waals surface area contributed by atoms with Gasteiger partial charge in [-0.05, 0) is 37.8 Å².